The molecule has 0 radical (unpaired) electrons. The van der Waals surface area contributed by atoms with Crippen molar-refractivity contribution in [1.82, 2.24) is 0 Å². The largest absolute Gasteiger partial charge is 0.330 e. The minimum Gasteiger partial charge on any atom is -0.330 e. The van der Waals surface area contributed by atoms with Crippen molar-refractivity contribution < 1.29 is 0 Å². The first kappa shape index (κ1) is 12.6. The van der Waals surface area contributed by atoms with E-state index in [-0.39, 0.29) is 0 Å². The zero-order chi connectivity index (χ0) is 11.9. The predicted molar refractivity (Wildman–Crippen MR) is 73.9 cm³/mol. The number of benzene rings is 1. The fourth-order valence-electron chi connectivity index (χ4n) is 3.19. The molecule has 0 saturated heterocycles. The van der Waals surface area contributed by atoms with E-state index >= 15 is 0 Å². The minimum atomic E-state index is 0.779. The molecule has 0 aromatic heterocycles. The van der Waals surface area contributed by atoms with Gasteiger partial charge in [-0.05, 0) is 43.2 Å². The zero-order valence-corrected chi connectivity index (χ0v) is 10.8. The molecular formula is C16H25N. The summed E-state index contributed by atoms with van der Waals surface area (Å²) in [7, 11) is 0. The maximum atomic E-state index is 5.93. The highest BCUT2D eigenvalue weighted by molar-refractivity contribution is 5.14. The Kier molecular flexibility index (Phi) is 5.06. The normalized spacial score (nSPS) is 18.4. The maximum absolute atomic E-state index is 5.93. The van der Waals surface area contributed by atoms with E-state index in [4.69, 9.17) is 5.73 Å². The molecule has 1 aliphatic carbocycles. The first-order valence-corrected chi connectivity index (χ1v) is 7.14. The van der Waals surface area contributed by atoms with Crippen LogP contribution in [0.25, 0.3) is 0 Å². The number of aryl methyl sites for hydroxylation is 1. The van der Waals surface area contributed by atoms with Gasteiger partial charge in [-0.15, -0.1) is 0 Å². The summed E-state index contributed by atoms with van der Waals surface area (Å²) in [5.41, 5.74) is 7.40. The van der Waals surface area contributed by atoms with Gasteiger partial charge in [0.05, 0.1) is 0 Å². The third kappa shape index (κ3) is 3.85. The summed E-state index contributed by atoms with van der Waals surface area (Å²) in [6.07, 6.45) is 9.53. The van der Waals surface area contributed by atoms with E-state index in [1.165, 1.54) is 50.5 Å². The topological polar surface area (TPSA) is 26.0 Å². The third-order valence-electron chi connectivity index (χ3n) is 4.25. The van der Waals surface area contributed by atoms with E-state index in [1.807, 2.05) is 0 Å². The first-order valence-electron chi connectivity index (χ1n) is 7.14. The van der Waals surface area contributed by atoms with Crippen LogP contribution in [0.4, 0.5) is 0 Å². The second kappa shape index (κ2) is 6.80. The van der Waals surface area contributed by atoms with Gasteiger partial charge in [0.2, 0.25) is 0 Å². The van der Waals surface area contributed by atoms with Gasteiger partial charge in [0.1, 0.15) is 0 Å². The van der Waals surface area contributed by atoms with Gasteiger partial charge in [-0.2, -0.15) is 0 Å². The van der Waals surface area contributed by atoms with Gasteiger partial charge >= 0.3 is 0 Å². The lowest BCUT2D eigenvalue weighted by atomic mass is 9.86. The van der Waals surface area contributed by atoms with Crippen LogP contribution in [0.1, 0.15) is 44.1 Å². The average molecular weight is 231 g/mol. The van der Waals surface area contributed by atoms with E-state index in [0.717, 1.165) is 18.4 Å². The molecule has 1 fully saturated rings. The van der Waals surface area contributed by atoms with Crippen LogP contribution in [0, 0.1) is 11.8 Å². The molecule has 1 aliphatic rings. The Morgan fingerprint density at radius 2 is 1.82 bits per heavy atom. The van der Waals surface area contributed by atoms with Crippen LogP contribution in [0.3, 0.4) is 0 Å². The van der Waals surface area contributed by atoms with Gasteiger partial charge in [-0.3, -0.25) is 0 Å². The minimum absolute atomic E-state index is 0.779. The highest BCUT2D eigenvalue weighted by atomic mass is 14.6. The van der Waals surface area contributed by atoms with E-state index in [9.17, 15) is 0 Å². The standard InChI is InChI=1S/C16H25N/c17-13-16(15-10-4-5-11-15)12-6-9-14-7-2-1-3-8-14/h1-3,7-8,15-16H,4-6,9-13,17H2. The molecule has 0 heterocycles. The van der Waals surface area contributed by atoms with Gasteiger partial charge in [0.25, 0.3) is 0 Å². The summed E-state index contributed by atoms with van der Waals surface area (Å²) < 4.78 is 0. The average Bonchev–Trinajstić information content (AvgIpc) is 2.90. The summed E-state index contributed by atoms with van der Waals surface area (Å²) in [6.45, 7) is 0.888. The number of hydrogen-bond donors (Lipinski definition) is 1. The molecular weight excluding hydrogens is 206 g/mol. The second-order valence-corrected chi connectivity index (χ2v) is 5.42. The lowest BCUT2D eigenvalue weighted by molar-refractivity contribution is 0.320. The van der Waals surface area contributed by atoms with E-state index in [2.05, 4.69) is 30.3 Å². The molecule has 1 heteroatoms. The van der Waals surface area contributed by atoms with Crippen LogP contribution in [0.2, 0.25) is 0 Å². The Balaban J connectivity index is 1.72. The van der Waals surface area contributed by atoms with Gasteiger partial charge in [-0.25, -0.2) is 0 Å². The molecule has 1 saturated carbocycles. The molecule has 0 aliphatic heterocycles. The van der Waals surface area contributed by atoms with Crippen LogP contribution in [0.15, 0.2) is 30.3 Å². The monoisotopic (exact) mass is 231 g/mol. The van der Waals surface area contributed by atoms with Gasteiger partial charge in [-0.1, -0.05) is 56.0 Å². The van der Waals surface area contributed by atoms with Gasteiger partial charge in [0, 0.05) is 0 Å². The summed E-state index contributed by atoms with van der Waals surface area (Å²) in [5, 5.41) is 0. The molecule has 0 spiro atoms. The van der Waals surface area contributed by atoms with Gasteiger partial charge in [0.15, 0.2) is 0 Å². The molecule has 2 N–H and O–H groups in total. The Bertz CT molecular complexity index is 301. The van der Waals surface area contributed by atoms with Crippen molar-refractivity contribution in [3.05, 3.63) is 35.9 Å². The summed E-state index contributed by atoms with van der Waals surface area (Å²) in [4.78, 5) is 0. The van der Waals surface area contributed by atoms with Crippen LogP contribution < -0.4 is 5.73 Å². The van der Waals surface area contributed by atoms with Crippen LogP contribution in [-0.4, -0.2) is 6.54 Å². The third-order valence-corrected chi connectivity index (χ3v) is 4.25. The second-order valence-electron chi connectivity index (χ2n) is 5.42. The first-order chi connectivity index (χ1) is 8.40. The number of hydrogen-bond acceptors (Lipinski definition) is 1. The molecule has 1 atom stereocenters. The van der Waals surface area contributed by atoms with Crippen molar-refractivity contribution >= 4 is 0 Å². The van der Waals surface area contributed by atoms with Crippen molar-refractivity contribution in [3.63, 3.8) is 0 Å². The Morgan fingerprint density at radius 1 is 1.12 bits per heavy atom. The zero-order valence-electron chi connectivity index (χ0n) is 10.8. The van der Waals surface area contributed by atoms with Crippen molar-refractivity contribution in [2.24, 2.45) is 17.6 Å². The molecule has 0 amide bonds. The quantitative estimate of drug-likeness (QED) is 0.792. The van der Waals surface area contributed by atoms with Crippen LogP contribution >= 0.6 is 0 Å². The lowest BCUT2D eigenvalue weighted by Gasteiger charge is -2.21. The molecule has 1 aromatic carbocycles. The van der Waals surface area contributed by atoms with E-state index in [1.54, 1.807) is 0 Å². The number of nitrogens with two attached hydrogens (primary N) is 1. The van der Waals surface area contributed by atoms with Crippen molar-refractivity contribution in [2.45, 2.75) is 44.9 Å². The van der Waals surface area contributed by atoms with Crippen molar-refractivity contribution in [1.29, 1.82) is 0 Å². The number of rotatable bonds is 6. The summed E-state index contributed by atoms with van der Waals surface area (Å²) >= 11 is 0. The molecule has 2 rings (SSSR count). The lowest BCUT2D eigenvalue weighted by Crippen LogP contribution is -2.21. The molecule has 1 aromatic rings. The Labute approximate surface area is 105 Å². The fraction of sp³-hybridized carbons (Fsp3) is 0.625. The SMILES string of the molecule is NCC(CCCc1ccccc1)C1CCCC1. The molecule has 1 unspecified atom stereocenters. The predicted octanol–water partition coefficient (Wildman–Crippen LogP) is 3.77. The molecule has 94 valence electrons. The highest BCUT2D eigenvalue weighted by Crippen LogP contribution is 2.33. The van der Waals surface area contributed by atoms with Crippen molar-refractivity contribution in [3.8, 4) is 0 Å². The van der Waals surface area contributed by atoms with E-state index < -0.39 is 0 Å². The molecule has 1 nitrogen and oxygen atoms in total. The van der Waals surface area contributed by atoms with Crippen molar-refractivity contribution in [2.75, 3.05) is 6.54 Å². The molecule has 17 heavy (non-hydrogen) atoms. The smallest absolute Gasteiger partial charge is 0.00462 e. The highest BCUT2D eigenvalue weighted by Gasteiger charge is 2.23. The summed E-state index contributed by atoms with van der Waals surface area (Å²) in [5.74, 6) is 1.71. The molecule has 0 bridgehead atoms. The van der Waals surface area contributed by atoms with Crippen LogP contribution in [0.5, 0.6) is 0 Å². The van der Waals surface area contributed by atoms with Crippen LogP contribution in [-0.2, 0) is 6.42 Å². The summed E-state index contributed by atoms with van der Waals surface area (Å²) in [6, 6.07) is 10.8. The maximum Gasteiger partial charge on any atom is -0.00462 e. The Morgan fingerprint density at radius 3 is 2.47 bits per heavy atom. The fourth-order valence-corrected chi connectivity index (χ4v) is 3.19. The van der Waals surface area contributed by atoms with E-state index in [0.29, 0.717) is 0 Å². The Hall–Kier alpha value is -0.820. The van der Waals surface area contributed by atoms with Gasteiger partial charge < -0.3 is 5.73 Å².